The maximum Gasteiger partial charge on any atom is 0.191 e. The Morgan fingerprint density at radius 2 is 2.19 bits per heavy atom. The molecule has 2 rings (SSSR count). The average Bonchev–Trinajstić information content (AvgIpc) is 2.15. The van der Waals surface area contributed by atoms with Gasteiger partial charge in [0.05, 0.1) is 11.8 Å². The van der Waals surface area contributed by atoms with E-state index in [0.717, 1.165) is 30.9 Å². The van der Waals surface area contributed by atoms with E-state index in [9.17, 15) is 5.11 Å². The highest BCUT2D eigenvalue weighted by Gasteiger charge is 2.23. The van der Waals surface area contributed by atoms with Gasteiger partial charge in [0.1, 0.15) is 0 Å². The Kier molecular flexibility index (Phi) is 3.07. The quantitative estimate of drug-likeness (QED) is 0.485. The average molecular weight is 220 g/mol. The third-order valence-corrected chi connectivity index (χ3v) is 2.51. The lowest BCUT2D eigenvalue weighted by Crippen LogP contribution is -2.49. The number of rotatable bonds is 3. The molecule has 0 saturated carbocycles. The zero-order valence-electron chi connectivity index (χ0n) is 9.00. The summed E-state index contributed by atoms with van der Waals surface area (Å²) in [6.07, 6.45) is -0.166. The molecule has 0 aliphatic carbocycles. The van der Waals surface area contributed by atoms with E-state index in [0.29, 0.717) is 0 Å². The highest BCUT2D eigenvalue weighted by atomic mass is 16.3. The van der Waals surface area contributed by atoms with Crippen LogP contribution in [0, 0.1) is 0 Å². The molecular weight excluding hydrogens is 204 g/mol. The molecule has 0 amide bonds. The van der Waals surface area contributed by atoms with Crippen LogP contribution in [0.25, 0.3) is 0 Å². The van der Waals surface area contributed by atoms with Gasteiger partial charge in [-0.15, -0.1) is 0 Å². The number of β-amino-alcohol motifs (C(OH)–C–C–N with tert-alkyl or cyclic N) is 1. The minimum atomic E-state index is -0.166. The normalized spacial score (nSPS) is 16.8. The fourth-order valence-electron chi connectivity index (χ4n) is 1.80. The van der Waals surface area contributed by atoms with Crippen LogP contribution >= 0.6 is 0 Å². The van der Waals surface area contributed by atoms with Crippen LogP contribution in [0.15, 0.2) is 29.3 Å². The number of aliphatic imine (C=N–C) groups is 1. The number of guanidine groups is 1. The molecule has 5 heteroatoms. The molecule has 1 aliphatic heterocycles. The maximum absolute atomic E-state index is 9.17. The second kappa shape index (κ2) is 4.51. The summed E-state index contributed by atoms with van der Waals surface area (Å²) in [5.74, 6) is 0.0662. The number of aliphatic hydroxyl groups is 1. The number of nitrogens with zero attached hydrogens (tertiary/aromatic N) is 2. The van der Waals surface area contributed by atoms with E-state index < -0.39 is 0 Å². The lowest BCUT2D eigenvalue weighted by Gasteiger charge is -2.35. The molecule has 86 valence electrons. The molecule has 0 bridgehead atoms. The van der Waals surface area contributed by atoms with E-state index in [-0.39, 0.29) is 12.1 Å². The molecule has 5 N–H and O–H groups in total. The van der Waals surface area contributed by atoms with Crippen molar-refractivity contribution in [2.24, 2.45) is 16.5 Å². The second-order valence-corrected chi connectivity index (χ2v) is 4.05. The van der Waals surface area contributed by atoms with Crippen LogP contribution in [-0.4, -0.2) is 35.2 Å². The third kappa shape index (κ3) is 2.71. The summed E-state index contributed by atoms with van der Waals surface area (Å²) >= 11 is 0. The third-order valence-electron chi connectivity index (χ3n) is 2.51. The lowest BCUT2D eigenvalue weighted by atomic mass is 10.1. The van der Waals surface area contributed by atoms with Crippen LogP contribution in [0.4, 0.5) is 5.69 Å². The monoisotopic (exact) mass is 220 g/mol. The van der Waals surface area contributed by atoms with Gasteiger partial charge in [0.2, 0.25) is 0 Å². The first kappa shape index (κ1) is 10.9. The molecule has 1 aliphatic rings. The fourth-order valence-corrected chi connectivity index (χ4v) is 1.80. The van der Waals surface area contributed by atoms with Gasteiger partial charge in [-0.25, -0.2) is 4.99 Å². The van der Waals surface area contributed by atoms with E-state index in [4.69, 9.17) is 11.5 Å². The lowest BCUT2D eigenvalue weighted by molar-refractivity contribution is -0.00285. The summed E-state index contributed by atoms with van der Waals surface area (Å²) < 4.78 is 0. The van der Waals surface area contributed by atoms with Crippen molar-refractivity contribution in [3.63, 3.8) is 0 Å². The van der Waals surface area contributed by atoms with Gasteiger partial charge in [0.15, 0.2) is 5.96 Å². The largest absolute Gasteiger partial charge is 0.390 e. The standard InChI is InChI=1S/C11H16N4O/c12-11(13)14-9-3-1-2-8(4-9)5-15-6-10(16)7-15/h1-4,10,16H,5-7H2,(H4,12,13,14). The first-order chi connectivity index (χ1) is 7.63. The Morgan fingerprint density at radius 1 is 1.44 bits per heavy atom. The summed E-state index contributed by atoms with van der Waals surface area (Å²) in [5, 5.41) is 9.17. The van der Waals surface area contributed by atoms with Crippen molar-refractivity contribution in [3.8, 4) is 0 Å². The van der Waals surface area contributed by atoms with Gasteiger partial charge in [0, 0.05) is 19.6 Å². The van der Waals surface area contributed by atoms with Crippen LogP contribution < -0.4 is 11.5 Å². The molecule has 16 heavy (non-hydrogen) atoms. The number of nitrogens with two attached hydrogens (primary N) is 2. The molecule has 1 heterocycles. The maximum atomic E-state index is 9.17. The molecule has 1 saturated heterocycles. The summed E-state index contributed by atoms with van der Waals surface area (Å²) in [5.41, 5.74) is 12.5. The van der Waals surface area contributed by atoms with Crippen molar-refractivity contribution in [1.82, 2.24) is 4.90 Å². The van der Waals surface area contributed by atoms with Crippen molar-refractivity contribution >= 4 is 11.6 Å². The summed E-state index contributed by atoms with van der Waals surface area (Å²) in [6, 6.07) is 7.75. The molecular formula is C11H16N4O. The predicted molar refractivity (Wildman–Crippen MR) is 63.2 cm³/mol. The Labute approximate surface area is 94.4 Å². The predicted octanol–water partition coefficient (Wildman–Crippen LogP) is -0.232. The first-order valence-electron chi connectivity index (χ1n) is 5.22. The highest BCUT2D eigenvalue weighted by molar-refractivity contribution is 5.79. The van der Waals surface area contributed by atoms with E-state index in [1.165, 1.54) is 0 Å². The van der Waals surface area contributed by atoms with E-state index in [1.807, 2.05) is 24.3 Å². The Bertz CT molecular complexity index is 395. The molecule has 0 unspecified atom stereocenters. The van der Waals surface area contributed by atoms with Gasteiger partial charge in [-0.3, -0.25) is 4.90 Å². The van der Waals surface area contributed by atoms with Crippen molar-refractivity contribution in [2.45, 2.75) is 12.6 Å². The van der Waals surface area contributed by atoms with Crippen molar-refractivity contribution in [3.05, 3.63) is 29.8 Å². The fraction of sp³-hybridized carbons (Fsp3) is 0.364. The zero-order chi connectivity index (χ0) is 11.5. The van der Waals surface area contributed by atoms with Gasteiger partial charge in [-0.2, -0.15) is 0 Å². The van der Waals surface area contributed by atoms with Gasteiger partial charge in [-0.1, -0.05) is 12.1 Å². The van der Waals surface area contributed by atoms with Gasteiger partial charge >= 0.3 is 0 Å². The van der Waals surface area contributed by atoms with E-state index in [2.05, 4.69) is 9.89 Å². The van der Waals surface area contributed by atoms with Crippen molar-refractivity contribution in [2.75, 3.05) is 13.1 Å². The summed E-state index contributed by atoms with van der Waals surface area (Å²) in [6.45, 7) is 2.31. The van der Waals surface area contributed by atoms with Crippen LogP contribution in [0.2, 0.25) is 0 Å². The van der Waals surface area contributed by atoms with Crippen molar-refractivity contribution < 1.29 is 5.11 Å². The van der Waals surface area contributed by atoms with Gasteiger partial charge in [0.25, 0.3) is 0 Å². The Morgan fingerprint density at radius 3 is 2.81 bits per heavy atom. The number of hydrogen-bond donors (Lipinski definition) is 3. The highest BCUT2D eigenvalue weighted by Crippen LogP contribution is 2.17. The minimum Gasteiger partial charge on any atom is -0.390 e. The zero-order valence-corrected chi connectivity index (χ0v) is 9.00. The molecule has 0 aromatic heterocycles. The number of benzene rings is 1. The molecule has 0 spiro atoms. The smallest absolute Gasteiger partial charge is 0.191 e. The molecule has 1 fully saturated rings. The first-order valence-corrected chi connectivity index (χ1v) is 5.22. The van der Waals surface area contributed by atoms with Crippen LogP contribution in [0.1, 0.15) is 5.56 Å². The second-order valence-electron chi connectivity index (χ2n) is 4.05. The van der Waals surface area contributed by atoms with E-state index in [1.54, 1.807) is 0 Å². The molecule has 1 aromatic carbocycles. The van der Waals surface area contributed by atoms with E-state index >= 15 is 0 Å². The Balaban J connectivity index is 2.02. The number of aliphatic hydroxyl groups excluding tert-OH is 1. The van der Waals surface area contributed by atoms with Crippen LogP contribution in [0.5, 0.6) is 0 Å². The molecule has 0 atom stereocenters. The van der Waals surface area contributed by atoms with Crippen LogP contribution in [-0.2, 0) is 6.54 Å². The van der Waals surface area contributed by atoms with Gasteiger partial charge < -0.3 is 16.6 Å². The molecule has 0 radical (unpaired) electrons. The SMILES string of the molecule is NC(N)=Nc1cccc(CN2CC(O)C2)c1. The van der Waals surface area contributed by atoms with Crippen LogP contribution in [0.3, 0.4) is 0 Å². The minimum absolute atomic E-state index is 0.0662. The topological polar surface area (TPSA) is 87.9 Å². The number of likely N-dealkylation sites (tertiary alicyclic amines) is 1. The van der Waals surface area contributed by atoms with Crippen molar-refractivity contribution in [1.29, 1.82) is 0 Å². The van der Waals surface area contributed by atoms with Gasteiger partial charge in [-0.05, 0) is 17.7 Å². The summed E-state index contributed by atoms with van der Waals surface area (Å²) in [7, 11) is 0. The summed E-state index contributed by atoms with van der Waals surface area (Å²) in [4.78, 5) is 6.16. The molecule has 1 aromatic rings. The Hall–Kier alpha value is -1.59. The molecule has 5 nitrogen and oxygen atoms in total. The number of hydrogen-bond acceptors (Lipinski definition) is 3.